The molecule has 1 aliphatic heterocycles. The Morgan fingerprint density at radius 1 is 1.56 bits per heavy atom. The first-order valence-corrected chi connectivity index (χ1v) is 6.68. The molecule has 4 nitrogen and oxygen atoms in total. The number of anilines is 1. The van der Waals surface area contributed by atoms with Crippen molar-refractivity contribution >= 4 is 5.69 Å². The lowest BCUT2D eigenvalue weighted by molar-refractivity contribution is 0.400. The highest BCUT2D eigenvalue weighted by Gasteiger charge is 2.16. The van der Waals surface area contributed by atoms with Crippen molar-refractivity contribution in [3.8, 4) is 6.07 Å². The van der Waals surface area contributed by atoms with E-state index in [1.54, 1.807) is 6.20 Å². The van der Waals surface area contributed by atoms with Crippen molar-refractivity contribution in [1.82, 2.24) is 10.3 Å². The van der Waals surface area contributed by atoms with Gasteiger partial charge in [-0.1, -0.05) is 6.42 Å². The first-order chi connectivity index (χ1) is 8.83. The number of nitrogens with one attached hydrogen (secondary N) is 1. The Hall–Kier alpha value is -1.60. The van der Waals surface area contributed by atoms with E-state index in [9.17, 15) is 0 Å². The summed E-state index contributed by atoms with van der Waals surface area (Å²) in [5, 5.41) is 12.5. The van der Waals surface area contributed by atoms with Crippen LogP contribution in [0.5, 0.6) is 0 Å². The molecule has 4 heteroatoms. The van der Waals surface area contributed by atoms with Gasteiger partial charge in [0, 0.05) is 31.0 Å². The predicted molar refractivity (Wildman–Crippen MR) is 72.5 cm³/mol. The Labute approximate surface area is 109 Å². The summed E-state index contributed by atoms with van der Waals surface area (Å²) in [6.07, 6.45) is 5.56. The number of likely N-dealkylation sites (N-methyl/N-ethyl adjacent to an activating group) is 1. The second-order valence-corrected chi connectivity index (χ2v) is 4.70. The van der Waals surface area contributed by atoms with Crippen molar-refractivity contribution in [1.29, 1.82) is 5.26 Å². The molecule has 0 aromatic carbocycles. The molecule has 2 heterocycles. The predicted octanol–water partition coefficient (Wildman–Crippen LogP) is 1.92. The Morgan fingerprint density at radius 2 is 2.44 bits per heavy atom. The third kappa shape index (κ3) is 3.21. The lowest BCUT2D eigenvalue weighted by Crippen LogP contribution is -2.43. The largest absolute Gasteiger partial charge is 0.370 e. The number of nitriles is 1. The number of hydrogen-bond acceptors (Lipinski definition) is 4. The fraction of sp³-hybridized carbons (Fsp3) is 0.571. The molecule has 0 aliphatic carbocycles. The fourth-order valence-electron chi connectivity index (χ4n) is 2.44. The van der Waals surface area contributed by atoms with E-state index in [-0.39, 0.29) is 0 Å². The molecule has 1 N–H and O–H groups in total. The van der Waals surface area contributed by atoms with Gasteiger partial charge in [-0.15, -0.1) is 0 Å². The van der Waals surface area contributed by atoms with Crippen LogP contribution in [-0.2, 0) is 0 Å². The van der Waals surface area contributed by atoms with Gasteiger partial charge >= 0.3 is 0 Å². The molecule has 96 valence electrons. The first kappa shape index (κ1) is 12.8. The summed E-state index contributed by atoms with van der Waals surface area (Å²) >= 11 is 0. The molecule has 1 saturated heterocycles. The third-order valence-electron chi connectivity index (χ3n) is 3.46. The van der Waals surface area contributed by atoms with Gasteiger partial charge in [0.25, 0.3) is 0 Å². The minimum absolute atomic E-state index is 0.488. The van der Waals surface area contributed by atoms with Gasteiger partial charge < -0.3 is 10.2 Å². The van der Waals surface area contributed by atoms with Crippen LogP contribution in [0, 0.1) is 11.3 Å². The quantitative estimate of drug-likeness (QED) is 0.879. The Morgan fingerprint density at radius 3 is 3.11 bits per heavy atom. The van der Waals surface area contributed by atoms with E-state index in [2.05, 4.69) is 28.2 Å². The van der Waals surface area contributed by atoms with Crippen molar-refractivity contribution in [2.45, 2.75) is 32.2 Å². The van der Waals surface area contributed by atoms with Gasteiger partial charge in [-0.05, 0) is 38.4 Å². The standard InChI is InChI=1S/C14H20N4/c1-2-18(11-12-5-3-4-7-16-12)14-6-8-17-13(9-14)10-15/h6,8-9,12,16H,2-5,7,11H2,1H3. The maximum atomic E-state index is 8.89. The molecule has 18 heavy (non-hydrogen) atoms. The summed E-state index contributed by atoms with van der Waals surface area (Å²) in [6, 6.07) is 6.51. The molecular formula is C14H20N4. The molecule has 1 aromatic rings. The summed E-state index contributed by atoms with van der Waals surface area (Å²) in [7, 11) is 0. The minimum Gasteiger partial charge on any atom is -0.370 e. The van der Waals surface area contributed by atoms with Crippen LogP contribution in [0.1, 0.15) is 31.9 Å². The molecule has 1 aromatic heterocycles. The van der Waals surface area contributed by atoms with Crippen LogP contribution < -0.4 is 10.2 Å². The van der Waals surface area contributed by atoms with E-state index in [1.165, 1.54) is 19.3 Å². The summed E-state index contributed by atoms with van der Waals surface area (Å²) in [5.41, 5.74) is 1.58. The molecule has 1 unspecified atom stereocenters. The van der Waals surface area contributed by atoms with Gasteiger partial charge in [0.15, 0.2) is 0 Å². The van der Waals surface area contributed by atoms with Gasteiger partial charge in [-0.3, -0.25) is 0 Å². The number of aromatic nitrogens is 1. The smallest absolute Gasteiger partial charge is 0.142 e. The second-order valence-electron chi connectivity index (χ2n) is 4.70. The Bertz CT molecular complexity index is 418. The molecule has 0 saturated carbocycles. The number of nitrogens with zero attached hydrogens (tertiary/aromatic N) is 3. The lowest BCUT2D eigenvalue weighted by atomic mass is 10.0. The zero-order valence-electron chi connectivity index (χ0n) is 10.9. The summed E-state index contributed by atoms with van der Waals surface area (Å²) in [5.74, 6) is 0. The van der Waals surface area contributed by atoms with Gasteiger partial charge in [-0.2, -0.15) is 5.26 Å². The van der Waals surface area contributed by atoms with E-state index >= 15 is 0 Å². The summed E-state index contributed by atoms with van der Waals surface area (Å²) in [4.78, 5) is 6.33. The van der Waals surface area contributed by atoms with Crippen LogP contribution in [0.4, 0.5) is 5.69 Å². The number of hydrogen-bond donors (Lipinski definition) is 1. The monoisotopic (exact) mass is 244 g/mol. The van der Waals surface area contributed by atoms with E-state index in [4.69, 9.17) is 5.26 Å². The van der Waals surface area contributed by atoms with Gasteiger partial charge in [0.1, 0.15) is 11.8 Å². The number of pyridine rings is 1. The summed E-state index contributed by atoms with van der Waals surface area (Å²) < 4.78 is 0. The van der Waals surface area contributed by atoms with E-state index in [0.29, 0.717) is 11.7 Å². The molecule has 0 amide bonds. The molecule has 1 atom stereocenters. The highest BCUT2D eigenvalue weighted by molar-refractivity contribution is 5.48. The molecule has 0 radical (unpaired) electrons. The lowest BCUT2D eigenvalue weighted by Gasteiger charge is -2.31. The van der Waals surface area contributed by atoms with E-state index < -0.39 is 0 Å². The molecule has 1 aliphatic rings. The van der Waals surface area contributed by atoms with Crippen LogP contribution in [0.3, 0.4) is 0 Å². The normalized spacial score (nSPS) is 19.2. The van der Waals surface area contributed by atoms with Crippen LogP contribution >= 0.6 is 0 Å². The maximum absolute atomic E-state index is 8.89. The minimum atomic E-state index is 0.488. The number of piperidine rings is 1. The molecule has 0 spiro atoms. The third-order valence-corrected chi connectivity index (χ3v) is 3.46. The van der Waals surface area contributed by atoms with Gasteiger partial charge in [-0.25, -0.2) is 4.98 Å². The van der Waals surface area contributed by atoms with Crippen molar-refractivity contribution in [3.05, 3.63) is 24.0 Å². The van der Waals surface area contributed by atoms with E-state index in [1.807, 2.05) is 12.1 Å². The van der Waals surface area contributed by atoms with Gasteiger partial charge in [0.2, 0.25) is 0 Å². The van der Waals surface area contributed by atoms with Crippen molar-refractivity contribution in [2.24, 2.45) is 0 Å². The fourth-order valence-corrected chi connectivity index (χ4v) is 2.44. The van der Waals surface area contributed by atoms with Crippen molar-refractivity contribution in [2.75, 3.05) is 24.5 Å². The zero-order chi connectivity index (χ0) is 12.8. The molecule has 2 rings (SSSR count). The average Bonchev–Trinajstić information content (AvgIpc) is 2.46. The average molecular weight is 244 g/mol. The molecule has 1 fully saturated rings. The Kier molecular flexibility index (Phi) is 4.54. The Balaban J connectivity index is 2.05. The number of rotatable bonds is 4. The first-order valence-electron chi connectivity index (χ1n) is 6.68. The summed E-state index contributed by atoms with van der Waals surface area (Å²) in [6.45, 7) is 5.23. The zero-order valence-corrected chi connectivity index (χ0v) is 10.9. The second kappa shape index (κ2) is 6.36. The van der Waals surface area contributed by atoms with Gasteiger partial charge in [0.05, 0.1) is 0 Å². The van der Waals surface area contributed by atoms with E-state index in [0.717, 1.165) is 25.3 Å². The van der Waals surface area contributed by atoms with Crippen LogP contribution in [0.25, 0.3) is 0 Å². The van der Waals surface area contributed by atoms with Crippen molar-refractivity contribution in [3.63, 3.8) is 0 Å². The highest BCUT2D eigenvalue weighted by atomic mass is 15.2. The van der Waals surface area contributed by atoms with Crippen LogP contribution in [-0.4, -0.2) is 30.7 Å². The van der Waals surface area contributed by atoms with Crippen molar-refractivity contribution < 1.29 is 0 Å². The highest BCUT2D eigenvalue weighted by Crippen LogP contribution is 2.16. The molecule has 0 bridgehead atoms. The maximum Gasteiger partial charge on any atom is 0.142 e. The topological polar surface area (TPSA) is 52.0 Å². The van der Waals surface area contributed by atoms with Crippen LogP contribution in [0.2, 0.25) is 0 Å². The van der Waals surface area contributed by atoms with Crippen LogP contribution in [0.15, 0.2) is 18.3 Å². The SMILES string of the molecule is CCN(CC1CCCCN1)c1ccnc(C#N)c1. The molecular weight excluding hydrogens is 224 g/mol.